The molecule has 0 radical (unpaired) electrons. The van der Waals surface area contributed by atoms with Gasteiger partial charge in [0, 0.05) is 29.7 Å². The lowest BCUT2D eigenvalue weighted by Gasteiger charge is -2.12. The predicted molar refractivity (Wildman–Crippen MR) is 89.2 cm³/mol. The van der Waals surface area contributed by atoms with Gasteiger partial charge in [-0.2, -0.15) is 13.2 Å². The van der Waals surface area contributed by atoms with E-state index in [0.717, 1.165) is 6.07 Å². The summed E-state index contributed by atoms with van der Waals surface area (Å²) in [5.74, 6) is -1.75. The van der Waals surface area contributed by atoms with Crippen LogP contribution in [0.3, 0.4) is 0 Å². The van der Waals surface area contributed by atoms with E-state index in [2.05, 4.69) is 0 Å². The van der Waals surface area contributed by atoms with E-state index in [-0.39, 0.29) is 22.4 Å². The lowest BCUT2D eigenvalue weighted by Crippen LogP contribution is -2.07. The van der Waals surface area contributed by atoms with Crippen LogP contribution >= 0.6 is 0 Å². The maximum absolute atomic E-state index is 13.2. The zero-order valence-corrected chi connectivity index (χ0v) is 13.2. The van der Waals surface area contributed by atoms with Crippen LogP contribution in [0.15, 0.2) is 54.9 Å². The first-order chi connectivity index (χ1) is 12.2. The fourth-order valence-electron chi connectivity index (χ4n) is 2.67. The molecule has 0 amide bonds. The van der Waals surface area contributed by atoms with Crippen molar-refractivity contribution in [2.45, 2.75) is 6.18 Å². The van der Waals surface area contributed by atoms with Gasteiger partial charge in [-0.1, -0.05) is 18.2 Å². The van der Waals surface area contributed by atoms with Gasteiger partial charge in [-0.25, -0.2) is 4.79 Å². The normalized spacial score (nSPS) is 11.5. The van der Waals surface area contributed by atoms with E-state index in [9.17, 15) is 23.1 Å². The molecule has 26 heavy (non-hydrogen) atoms. The molecule has 0 saturated carbocycles. The molecule has 0 aliphatic rings. The fourth-order valence-corrected chi connectivity index (χ4v) is 2.67. The van der Waals surface area contributed by atoms with Gasteiger partial charge >= 0.3 is 12.1 Å². The highest BCUT2D eigenvalue weighted by Gasteiger charge is 2.34. The number of nitrogen functional groups attached to an aromatic ring is 1. The van der Waals surface area contributed by atoms with Gasteiger partial charge in [0.15, 0.2) is 0 Å². The van der Waals surface area contributed by atoms with Crippen LogP contribution in [0.5, 0.6) is 5.75 Å². The number of hydrogen-bond acceptors (Lipinski definition) is 3. The summed E-state index contributed by atoms with van der Waals surface area (Å²) in [4.78, 5) is 11.0. The SMILES string of the molecule is Nc1cn(-c2ccc(C(=O)O)c(O)c2)cc1-c1ccccc1C(F)(F)F. The van der Waals surface area contributed by atoms with Gasteiger partial charge in [0.1, 0.15) is 11.3 Å². The van der Waals surface area contributed by atoms with Crippen LogP contribution in [0, 0.1) is 0 Å². The minimum Gasteiger partial charge on any atom is -0.507 e. The number of rotatable bonds is 3. The molecule has 0 aliphatic carbocycles. The monoisotopic (exact) mass is 362 g/mol. The van der Waals surface area contributed by atoms with E-state index >= 15 is 0 Å². The molecule has 1 aromatic heterocycles. The highest BCUT2D eigenvalue weighted by molar-refractivity contribution is 5.91. The number of halogens is 3. The molecule has 1 heterocycles. The molecule has 0 spiro atoms. The van der Waals surface area contributed by atoms with E-state index in [1.54, 1.807) is 0 Å². The van der Waals surface area contributed by atoms with Gasteiger partial charge in [0.2, 0.25) is 0 Å². The van der Waals surface area contributed by atoms with Gasteiger partial charge in [-0.3, -0.25) is 0 Å². The molecular weight excluding hydrogens is 349 g/mol. The molecule has 0 aliphatic heterocycles. The number of carboxylic acid groups (broad SMARTS) is 1. The highest BCUT2D eigenvalue weighted by atomic mass is 19.4. The number of hydrogen-bond donors (Lipinski definition) is 3. The summed E-state index contributed by atoms with van der Waals surface area (Å²) in [7, 11) is 0. The lowest BCUT2D eigenvalue weighted by atomic mass is 10.0. The molecule has 0 atom stereocenters. The second-order valence-electron chi connectivity index (χ2n) is 5.58. The van der Waals surface area contributed by atoms with Gasteiger partial charge in [0.25, 0.3) is 0 Å². The quantitative estimate of drug-likeness (QED) is 0.653. The number of anilines is 1. The average Bonchev–Trinajstić information content (AvgIpc) is 2.95. The van der Waals surface area contributed by atoms with Gasteiger partial charge < -0.3 is 20.5 Å². The van der Waals surface area contributed by atoms with Crippen LogP contribution < -0.4 is 5.73 Å². The van der Waals surface area contributed by atoms with E-state index < -0.39 is 23.5 Å². The van der Waals surface area contributed by atoms with Crippen molar-refractivity contribution in [2.24, 2.45) is 0 Å². The number of alkyl halides is 3. The molecule has 0 saturated heterocycles. The number of aromatic nitrogens is 1. The van der Waals surface area contributed by atoms with Crippen molar-refractivity contribution >= 4 is 11.7 Å². The van der Waals surface area contributed by atoms with Crippen LogP contribution in [0.2, 0.25) is 0 Å². The zero-order chi connectivity index (χ0) is 19.1. The molecule has 2 aromatic carbocycles. The van der Waals surface area contributed by atoms with Gasteiger partial charge in [-0.15, -0.1) is 0 Å². The van der Waals surface area contributed by atoms with E-state index in [0.29, 0.717) is 5.69 Å². The van der Waals surface area contributed by atoms with Crippen molar-refractivity contribution in [3.63, 3.8) is 0 Å². The average molecular weight is 362 g/mol. The highest BCUT2D eigenvalue weighted by Crippen LogP contribution is 2.39. The fraction of sp³-hybridized carbons (Fsp3) is 0.0556. The van der Waals surface area contributed by atoms with Crippen molar-refractivity contribution in [2.75, 3.05) is 5.73 Å². The van der Waals surface area contributed by atoms with Gasteiger partial charge in [0.05, 0.1) is 11.3 Å². The topological polar surface area (TPSA) is 88.5 Å². The molecule has 0 fully saturated rings. The first-order valence-electron chi connectivity index (χ1n) is 7.39. The first-order valence-corrected chi connectivity index (χ1v) is 7.39. The van der Waals surface area contributed by atoms with Crippen LogP contribution in [0.1, 0.15) is 15.9 Å². The minimum atomic E-state index is -4.54. The van der Waals surface area contributed by atoms with Crippen molar-refractivity contribution in [3.05, 3.63) is 66.0 Å². The van der Waals surface area contributed by atoms with Crippen molar-refractivity contribution in [1.82, 2.24) is 4.57 Å². The summed E-state index contributed by atoms with van der Waals surface area (Å²) in [6.07, 6.45) is -1.74. The van der Waals surface area contributed by atoms with Crippen molar-refractivity contribution in [1.29, 1.82) is 0 Å². The number of nitrogens with zero attached hydrogens (tertiary/aromatic N) is 1. The summed E-state index contributed by atoms with van der Waals surface area (Å²) >= 11 is 0. The standard InChI is InChI=1S/C18H13F3N2O3/c19-18(20,21)14-4-2-1-3-11(14)13-8-23(9-15(13)22)10-5-6-12(17(25)26)16(24)7-10/h1-9,24H,22H2,(H,25,26). The molecule has 5 nitrogen and oxygen atoms in total. The third-order valence-electron chi connectivity index (χ3n) is 3.89. The lowest BCUT2D eigenvalue weighted by molar-refractivity contribution is -0.137. The molecule has 4 N–H and O–H groups in total. The summed E-state index contributed by atoms with van der Waals surface area (Å²) in [6.45, 7) is 0. The van der Waals surface area contributed by atoms with Crippen molar-refractivity contribution in [3.8, 4) is 22.6 Å². The number of phenols is 1. The number of aromatic hydroxyl groups is 1. The number of carboxylic acids is 1. The Morgan fingerprint density at radius 2 is 1.73 bits per heavy atom. The molecule has 3 aromatic rings. The Labute approximate surface area is 145 Å². The maximum Gasteiger partial charge on any atom is 0.417 e. The maximum atomic E-state index is 13.2. The molecule has 8 heteroatoms. The van der Waals surface area contributed by atoms with Crippen LogP contribution in [-0.4, -0.2) is 20.7 Å². The number of nitrogens with two attached hydrogens (primary N) is 1. The molecule has 134 valence electrons. The third-order valence-corrected chi connectivity index (χ3v) is 3.89. The smallest absolute Gasteiger partial charge is 0.417 e. The van der Waals surface area contributed by atoms with E-state index in [4.69, 9.17) is 10.8 Å². The van der Waals surface area contributed by atoms with Crippen LogP contribution in [-0.2, 0) is 6.18 Å². The molecule has 0 unspecified atom stereocenters. The van der Waals surface area contributed by atoms with E-state index in [1.165, 1.54) is 53.4 Å². The Kier molecular flexibility index (Phi) is 4.11. The summed E-state index contributed by atoms with van der Waals surface area (Å²) < 4.78 is 41.1. The summed E-state index contributed by atoms with van der Waals surface area (Å²) in [5, 5.41) is 18.7. The number of aromatic carboxylic acids is 1. The summed E-state index contributed by atoms with van der Waals surface area (Å²) in [5.41, 5.74) is 5.39. The number of carbonyl (C=O) groups is 1. The first kappa shape index (κ1) is 17.4. The third kappa shape index (κ3) is 3.08. The Morgan fingerprint density at radius 3 is 2.35 bits per heavy atom. The largest absolute Gasteiger partial charge is 0.507 e. The van der Waals surface area contributed by atoms with Crippen LogP contribution in [0.25, 0.3) is 16.8 Å². The second kappa shape index (κ2) is 6.14. The summed E-state index contributed by atoms with van der Waals surface area (Å²) in [6, 6.07) is 8.89. The van der Waals surface area contributed by atoms with Crippen LogP contribution in [0.4, 0.5) is 18.9 Å². The Hall–Kier alpha value is -3.42. The molecular formula is C18H13F3N2O3. The molecule has 3 rings (SSSR count). The van der Waals surface area contributed by atoms with E-state index in [1.807, 2.05) is 0 Å². The Balaban J connectivity index is 2.10. The van der Waals surface area contributed by atoms with Gasteiger partial charge in [-0.05, 0) is 23.8 Å². The zero-order valence-electron chi connectivity index (χ0n) is 13.2. The second-order valence-corrected chi connectivity index (χ2v) is 5.58. The Bertz CT molecular complexity index is 994. The predicted octanol–water partition coefficient (Wildman–Crippen LogP) is 4.15. The minimum absolute atomic E-state index is 0.0670. The molecule has 0 bridgehead atoms. The van der Waals surface area contributed by atoms with Crippen molar-refractivity contribution < 1.29 is 28.2 Å². The number of benzene rings is 2. The Morgan fingerprint density at radius 1 is 1.04 bits per heavy atom.